The van der Waals surface area contributed by atoms with Crippen LogP contribution >= 0.6 is 0 Å². The number of amides is 2. The van der Waals surface area contributed by atoms with Gasteiger partial charge < -0.3 is 9.80 Å². The number of nitrogens with one attached hydrogen (secondary N) is 1. The molecule has 4 heterocycles. The normalized spacial score (nSPS) is 25.8. The van der Waals surface area contributed by atoms with Crippen LogP contribution in [0.5, 0.6) is 0 Å². The van der Waals surface area contributed by atoms with Crippen LogP contribution in [0.4, 0.5) is 22.4 Å². The zero-order chi connectivity index (χ0) is 24.9. The number of aromatic nitrogens is 5. The molecule has 2 amide bonds. The van der Waals surface area contributed by atoms with Crippen molar-refractivity contribution in [1.29, 1.82) is 0 Å². The third-order valence-electron chi connectivity index (χ3n) is 8.93. The summed E-state index contributed by atoms with van der Waals surface area (Å²) in [6.45, 7) is 3.00. The second-order valence-electron chi connectivity index (χ2n) is 12.0. The summed E-state index contributed by atoms with van der Waals surface area (Å²) < 4.78 is 52.1. The number of urea groups is 1. The third-order valence-corrected chi connectivity index (χ3v) is 8.93. The Morgan fingerprint density at radius 2 is 1.58 bits per heavy atom. The van der Waals surface area contributed by atoms with Gasteiger partial charge in [-0.15, -0.1) is 0 Å². The molecule has 7 rings (SSSR count). The molecule has 8 nitrogen and oxygen atoms in total. The van der Waals surface area contributed by atoms with Crippen LogP contribution in [0.25, 0.3) is 0 Å². The fraction of sp³-hybridized carbons (Fsp3) is 0.708. The third kappa shape index (κ3) is 3.58. The topological polar surface area (TPSA) is 90.9 Å². The van der Waals surface area contributed by atoms with Gasteiger partial charge in [0.05, 0.1) is 5.56 Å². The first-order chi connectivity index (χ1) is 17.0. The van der Waals surface area contributed by atoms with Crippen LogP contribution in [-0.2, 0) is 18.3 Å². The summed E-state index contributed by atoms with van der Waals surface area (Å²) in [7, 11) is 0. The van der Waals surface area contributed by atoms with Crippen molar-refractivity contribution in [3.8, 4) is 0 Å². The standard InChI is InChI=1S/C24H27F4N7O/c25-23(1-2-23)19-31-18(32-33-19)15-6-22(7-15)12-35(13-22)20(36)34-10-21(11-34)4-14(5-21)3-17-29-8-16(9-30-17)24(26,27)28/h8-9,14-15H,1-7,10-13H2,(H,31,32,33). The fourth-order valence-corrected chi connectivity index (χ4v) is 6.86. The summed E-state index contributed by atoms with van der Waals surface area (Å²) in [6.07, 6.45) is 2.64. The molecule has 2 aliphatic heterocycles. The second kappa shape index (κ2) is 7.16. The van der Waals surface area contributed by atoms with Crippen molar-refractivity contribution in [3.05, 3.63) is 35.4 Å². The van der Waals surface area contributed by atoms with Gasteiger partial charge in [-0.25, -0.2) is 24.1 Å². The first-order valence-corrected chi connectivity index (χ1v) is 12.6. The summed E-state index contributed by atoms with van der Waals surface area (Å²) in [5.41, 5.74) is -1.84. The molecular weight excluding hydrogens is 478 g/mol. The van der Waals surface area contributed by atoms with E-state index in [-0.39, 0.29) is 22.8 Å². The van der Waals surface area contributed by atoms with Crippen molar-refractivity contribution in [3.63, 3.8) is 0 Å². The molecule has 3 aliphatic carbocycles. The minimum atomic E-state index is -4.42. The maximum Gasteiger partial charge on any atom is 0.419 e. The smallest absolute Gasteiger partial charge is 0.323 e. The van der Waals surface area contributed by atoms with Gasteiger partial charge in [0, 0.05) is 61.7 Å². The summed E-state index contributed by atoms with van der Waals surface area (Å²) in [5.74, 6) is 2.12. The first kappa shape index (κ1) is 22.4. The van der Waals surface area contributed by atoms with E-state index in [4.69, 9.17) is 0 Å². The zero-order valence-electron chi connectivity index (χ0n) is 19.7. The van der Waals surface area contributed by atoms with Crippen LogP contribution in [0.1, 0.15) is 67.5 Å². The number of halogens is 4. The first-order valence-electron chi connectivity index (χ1n) is 12.6. The molecule has 0 atom stereocenters. The SMILES string of the molecule is O=C(N1CC2(CC(Cc3ncc(C(F)(F)F)cn3)C2)C1)N1CC2(CC(c3nc(C4(F)CC4)n[nH]3)C2)C1. The number of hydrogen-bond donors (Lipinski definition) is 1. The Morgan fingerprint density at radius 1 is 1.00 bits per heavy atom. The Kier molecular flexibility index (Phi) is 4.46. The molecule has 2 aromatic heterocycles. The van der Waals surface area contributed by atoms with Gasteiger partial charge in [-0.1, -0.05) is 0 Å². The Bertz CT molecular complexity index is 1180. The van der Waals surface area contributed by atoms with Crippen LogP contribution in [0.2, 0.25) is 0 Å². The maximum absolute atomic E-state index is 14.1. The number of likely N-dealkylation sites (tertiary alicyclic amines) is 2. The number of alkyl halides is 4. The summed E-state index contributed by atoms with van der Waals surface area (Å²) in [4.78, 5) is 28.9. The van der Waals surface area contributed by atoms with E-state index in [1.807, 2.05) is 9.80 Å². The average molecular weight is 506 g/mol. The van der Waals surface area contributed by atoms with Gasteiger partial charge in [-0.2, -0.15) is 18.3 Å². The van der Waals surface area contributed by atoms with Crippen LogP contribution in [0.15, 0.2) is 12.4 Å². The zero-order valence-corrected chi connectivity index (χ0v) is 19.7. The molecule has 2 spiro atoms. The highest BCUT2D eigenvalue weighted by atomic mass is 19.4. The quantitative estimate of drug-likeness (QED) is 0.638. The van der Waals surface area contributed by atoms with Crippen LogP contribution in [0.3, 0.4) is 0 Å². The fourth-order valence-electron chi connectivity index (χ4n) is 6.86. The van der Waals surface area contributed by atoms with Gasteiger partial charge in [0.2, 0.25) is 0 Å². The van der Waals surface area contributed by atoms with E-state index in [2.05, 4.69) is 25.1 Å². The monoisotopic (exact) mass is 505 g/mol. The highest BCUT2D eigenvalue weighted by molar-refractivity contribution is 5.77. The average Bonchev–Trinajstić information content (AvgIpc) is 3.27. The van der Waals surface area contributed by atoms with Crippen LogP contribution in [-0.4, -0.2) is 67.2 Å². The van der Waals surface area contributed by atoms with Crippen molar-refractivity contribution in [2.75, 3.05) is 26.2 Å². The summed E-state index contributed by atoms with van der Waals surface area (Å²) in [5, 5.41) is 6.98. The number of H-pyrrole nitrogens is 1. The Hall–Kier alpha value is -2.79. The summed E-state index contributed by atoms with van der Waals surface area (Å²) in [6, 6.07) is 0.0966. The Morgan fingerprint density at radius 3 is 2.14 bits per heavy atom. The molecule has 192 valence electrons. The van der Waals surface area contributed by atoms with Crippen molar-refractivity contribution in [2.24, 2.45) is 16.7 Å². The number of carbonyl (C=O) groups is 1. The molecule has 0 radical (unpaired) electrons. The molecule has 12 heteroatoms. The van der Waals surface area contributed by atoms with E-state index in [0.717, 1.165) is 70.1 Å². The van der Waals surface area contributed by atoms with E-state index in [9.17, 15) is 22.4 Å². The van der Waals surface area contributed by atoms with Gasteiger partial charge in [0.25, 0.3) is 0 Å². The van der Waals surface area contributed by atoms with E-state index in [0.29, 0.717) is 36.8 Å². The van der Waals surface area contributed by atoms with Crippen molar-refractivity contribution in [2.45, 2.75) is 62.7 Å². The van der Waals surface area contributed by atoms with Gasteiger partial charge in [-0.05, 0) is 44.4 Å². The lowest BCUT2D eigenvalue weighted by molar-refractivity contribution is -0.138. The molecule has 0 unspecified atom stereocenters. The Balaban J connectivity index is 0.840. The number of rotatable bonds is 4. The number of hydrogen-bond acceptors (Lipinski definition) is 5. The minimum absolute atomic E-state index is 0.0966. The van der Waals surface area contributed by atoms with Crippen molar-refractivity contribution >= 4 is 6.03 Å². The molecule has 0 bridgehead atoms. The van der Waals surface area contributed by atoms with Crippen LogP contribution in [0, 0.1) is 16.7 Å². The number of carbonyl (C=O) groups excluding carboxylic acids is 1. The maximum atomic E-state index is 14.1. The molecule has 3 saturated carbocycles. The Labute approximate surface area is 204 Å². The van der Waals surface area contributed by atoms with Crippen molar-refractivity contribution in [1.82, 2.24) is 34.9 Å². The lowest BCUT2D eigenvalue weighted by atomic mass is 9.56. The molecular formula is C24H27F4N7O. The lowest BCUT2D eigenvalue weighted by Gasteiger charge is -2.63. The molecule has 0 aromatic carbocycles. The minimum Gasteiger partial charge on any atom is -0.323 e. The second-order valence-corrected chi connectivity index (χ2v) is 12.0. The van der Waals surface area contributed by atoms with Crippen molar-refractivity contribution < 1.29 is 22.4 Å². The number of aromatic amines is 1. The lowest BCUT2D eigenvalue weighted by Crippen LogP contribution is -2.71. The van der Waals surface area contributed by atoms with E-state index in [1.165, 1.54) is 0 Å². The highest BCUT2D eigenvalue weighted by Crippen LogP contribution is 2.57. The van der Waals surface area contributed by atoms with Gasteiger partial charge in [0.1, 0.15) is 11.6 Å². The van der Waals surface area contributed by atoms with E-state index in [1.54, 1.807) is 0 Å². The van der Waals surface area contributed by atoms with E-state index < -0.39 is 17.4 Å². The molecule has 1 N–H and O–H groups in total. The predicted molar refractivity (Wildman–Crippen MR) is 117 cm³/mol. The number of nitrogens with zero attached hydrogens (tertiary/aromatic N) is 6. The largest absolute Gasteiger partial charge is 0.419 e. The van der Waals surface area contributed by atoms with Crippen LogP contribution < -0.4 is 0 Å². The molecule has 5 fully saturated rings. The predicted octanol–water partition coefficient (Wildman–Crippen LogP) is 3.83. The molecule has 2 saturated heterocycles. The molecule has 2 aromatic rings. The van der Waals surface area contributed by atoms with Gasteiger partial charge in [0.15, 0.2) is 11.5 Å². The molecule has 5 aliphatic rings. The molecule has 36 heavy (non-hydrogen) atoms. The highest BCUT2D eigenvalue weighted by Gasteiger charge is 2.59. The van der Waals surface area contributed by atoms with Gasteiger partial charge >= 0.3 is 12.2 Å². The van der Waals surface area contributed by atoms with E-state index >= 15 is 0 Å². The van der Waals surface area contributed by atoms with Gasteiger partial charge in [-0.3, -0.25) is 5.10 Å². The summed E-state index contributed by atoms with van der Waals surface area (Å²) >= 11 is 0.